The third-order valence-electron chi connectivity index (χ3n) is 7.57. The van der Waals surface area contributed by atoms with E-state index in [2.05, 4.69) is 75.3 Å². The molecule has 4 aromatic rings. The number of pyridine rings is 1. The Morgan fingerprint density at radius 2 is 1.81 bits per heavy atom. The van der Waals surface area contributed by atoms with Gasteiger partial charge >= 0.3 is 0 Å². The maximum absolute atomic E-state index is 13.5. The minimum atomic E-state index is -0.366. The summed E-state index contributed by atoms with van der Waals surface area (Å²) in [5.41, 5.74) is 2.28. The zero-order valence-corrected chi connectivity index (χ0v) is 22.0. The van der Waals surface area contributed by atoms with E-state index in [1.807, 2.05) is 35.0 Å². The number of ether oxygens (including phenoxy) is 1. The number of aromatic nitrogens is 5. The van der Waals surface area contributed by atoms with E-state index >= 15 is 0 Å². The molecule has 0 amide bonds. The molecule has 9 nitrogen and oxygen atoms in total. The molecule has 1 N–H and O–H groups in total. The molecule has 194 valence electrons. The van der Waals surface area contributed by atoms with Crippen LogP contribution in [-0.4, -0.2) is 68.3 Å². The van der Waals surface area contributed by atoms with E-state index in [-0.39, 0.29) is 17.1 Å². The van der Waals surface area contributed by atoms with Gasteiger partial charge in [0.05, 0.1) is 18.2 Å². The van der Waals surface area contributed by atoms with Crippen molar-refractivity contribution in [1.82, 2.24) is 35.0 Å². The van der Waals surface area contributed by atoms with E-state index in [4.69, 9.17) is 4.74 Å². The van der Waals surface area contributed by atoms with Crippen LogP contribution in [0.2, 0.25) is 0 Å². The lowest BCUT2D eigenvalue weighted by Crippen LogP contribution is -2.49. The number of H-pyrrole nitrogens is 1. The standard InChI is InChI=1S/C28H35N7O2/c1-5-28(2,3)35-26(30-31-32-35)25(23-17-21-11-12-22(37-4)18-24(21)29-27(23)36)34-15-13-33(14-16-34)19-20-9-7-6-8-10-20/h6-12,17-18,25H,5,13-16,19H2,1-4H3,(H,29,36). The van der Waals surface area contributed by atoms with Crippen molar-refractivity contribution >= 4 is 10.9 Å². The summed E-state index contributed by atoms with van der Waals surface area (Å²) in [4.78, 5) is 21.4. The first-order valence-electron chi connectivity index (χ1n) is 12.9. The molecule has 0 saturated carbocycles. The fraction of sp³-hybridized carbons (Fsp3) is 0.429. The van der Waals surface area contributed by atoms with Gasteiger partial charge in [-0.15, -0.1) is 5.10 Å². The van der Waals surface area contributed by atoms with E-state index in [0.717, 1.165) is 50.0 Å². The van der Waals surface area contributed by atoms with Crippen LogP contribution in [0.15, 0.2) is 59.4 Å². The fourth-order valence-electron chi connectivity index (χ4n) is 4.99. The summed E-state index contributed by atoms with van der Waals surface area (Å²) in [5.74, 6) is 1.40. The van der Waals surface area contributed by atoms with Crippen LogP contribution in [0.4, 0.5) is 0 Å². The SMILES string of the molecule is CCC(C)(C)n1nnnc1C(c1cc2ccc(OC)cc2[nH]c1=O)N1CCN(Cc2ccccc2)CC1. The Balaban J connectivity index is 1.52. The molecule has 1 aliphatic rings. The van der Waals surface area contributed by atoms with E-state index in [0.29, 0.717) is 17.1 Å². The Kier molecular flexibility index (Phi) is 7.08. The number of nitrogens with one attached hydrogen (secondary N) is 1. The van der Waals surface area contributed by atoms with Crippen LogP contribution in [0, 0.1) is 0 Å². The summed E-state index contributed by atoms with van der Waals surface area (Å²) >= 11 is 0. The van der Waals surface area contributed by atoms with Crippen molar-refractivity contribution in [3.63, 3.8) is 0 Å². The van der Waals surface area contributed by atoms with Gasteiger partial charge in [0.1, 0.15) is 11.8 Å². The molecule has 1 aliphatic heterocycles. The molecule has 9 heteroatoms. The van der Waals surface area contributed by atoms with E-state index < -0.39 is 0 Å². The topological polar surface area (TPSA) is 92.2 Å². The van der Waals surface area contributed by atoms with Gasteiger partial charge in [-0.1, -0.05) is 37.3 Å². The number of fused-ring (bicyclic) bond motifs is 1. The van der Waals surface area contributed by atoms with Crippen LogP contribution in [0.3, 0.4) is 0 Å². The molecule has 0 aliphatic carbocycles. The molecule has 0 spiro atoms. The van der Waals surface area contributed by atoms with E-state index in [1.54, 1.807) is 7.11 Å². The molecule has 3 heterocycles. The summed E-state index contributed by atoms with van der Waals surface area (Å²) in [5, 5.41) is 13.9. The normalized spacial score (nSPS) is 16.2. The maximum atomic E-state index is 13.5. The van der Waals surface area contributed by atoms with Gasteiger partial charge < -0.3 is 9.72 Å². The minimum Gasteiger partial charge on any atom is -0.497 e. The number of nitrogens with zero attached hydrogens (tertiary/aromatic N) is 6. The first-order valence-corrected chi connectivity index (χ1v) is 12.9. The van der Waals surface area contributed by atoms with Crippen molar-refractivity contribution < 1.29 is 4.74 Å². The number of hydrogen-bond donors (Lipinski definition) is 1. The maximum Gasteiger partial charge on any atom is 0.253 e. The van der Waals surface area contributed by atoms with Gasteiger partial charge in [-0.05, 0) is 59.8 Å². The monoisotopic (exact) mass is 501 g/mol. The van der Waals surface area contributed by atoms with Gasteiger partial charge in [0, 0.05) is 44.4 Å². The lowest BCUT2D eigenvalue weighted by atomic mass is 9.99. The third kappa shape index (κ3) is 5.14. The number of methoxy groups -OCH3 is 1. The number of piperazine rings is 1. The van der Waals surface area contributed by atoms with Crippen LogP contribution in [-0.2, 0) is 12.1 Å². The predicted octanol–water partition coefficient (Wildman–Crippen LogP) is 3.58. The van der Waals surface area contributed by atoms with Gasteiger partial charge in [0.25, 0.3) is 5.56 Å². The summed E-state index contributed by atoms with van der Waals surface area (Å²) in [6.07, 6.45) is 0.858. The molecule has 1 saturated heterocycles. The average Bonchev–Trinajstić information content (AvgIpc) is 3.41. The summed E-state index contributed by atoms with van der Waals surface area (Å²) < 4.78 is 7.24. The largest absolute Gasteiger partial charge is 0.497 e. The number of benzene rings is 2. The van der Waals surface area contributed by atoms with Crippen LogP contribution in [0.1, 0.15) is 50.2 Å². The Morgan fingerprint density at radius 3 is 2.51 bits per heavy atom. The van der Waals surface area contributed by atoms with Gasteiger partial charge in [0.15, 0.2) is 5.82 Å². The zero-order valence-electron chi connectivity index (χ0n) is 22.0. The first-order chi connectivity index (χ1) is 17.9. The van der Waals surface area contributed by atoms with Crippen LogP contribution < -0.4 is 10.3 Å². The number of hydrogen-bond acceptors (Lipinski definition) is 7. The van der Waals surface area contributed by atoms with Crippen molar-refractivity contribution in [2.75, 3.05) is 33.3 Å². The van der Waals surface area contributed by atoms with Gasteiger partial charge in [-0.25, -0.2) is 4.68 Å². The van der Waals surface area contributed by atoms with Crippen molar-refractivity contribution in [2.24, 2.45) is 0 Å². The molecule has 1 fully saturated rings. The summed E-state index contributed by atoms with van der Waals surface area (Å²) in [7, 11) is 1.62. The van der Waals surface area contributed by atoms with Crippen LogP contribution in [0.5, 0.6) is 5.75 Å². The Labute approximate surface area is 217 Å². The molecule has 5 rings (SSSR count). The molecule has 0 radical (unpaired) electrons. The van der Waals surface area contributed by atoms with Crippen LogP contribution >= 0.6 is 0 Å². The molecule has 2 aromatic heterocycles. The number of rotatable bonds is 8. The molecule has 0 bridgehead atoms. The highest BCUT2D eigenvalue weighted by atomic mass is 16.5. The minimum absolute atomic E-state index is 0.138. The fourth-order valence-corrected chi connectivity index (χ4v) is 4.99. The van der Waals surface area contributed by atoms with Crippen molar-refractivity contribution in [2.45, 2.75) is 45.3 Å². The summed E-state index contributed by atoms with van der Waals surface area (Å²) in [6, 6.07) is 17.9. The van der Waals surface area contributed by atoms with Crippen LogP contribution in [0.25, 0.3) is 10.9 Å². The lowest BCUT2D eigenvalue weighted by Gasteiger charge is -2.39. The molecule has 37 heavy (non-hydrogen) atoms. The lowest BCUT2D eigenvalue weighted by molar-refractivity contribution is 0.0968. The van der Waals surface area contributed by atoms with E-state index in [1.165, 1.54) is 5.56 Å². The molecule has 1 atom stereocenters. The quantitative estimate of drug-likeness (QED) is 0.395. The van der Waals surface area contributed by atoms with Gasteiger partial charge in [-0.3, -0.25) is 14.6 Å². The smallest absolute Gasteiger partial charge is 0.253 e. The highest BCUT2D eigenvalue weighted by Crippen LogP contribution is 2.31. The Bertz CT molecular complexity index is 1410. The average molecular weight is 502 g/mol. The summed E-state index contributed by atoms with van der Waals surface area (Å²) in [6.45, 7) is 10.7. The molecule has 1 unspecified atom stereocenters. The van der Waals surface area contributed by atoms with Crippen molar-refractivity contribution in [1.29, 1.82) is 0 Å². The first kappa shape index (κ1) is 25.1. The Morgan fingerprint density at radius 1 is 1.05 bits per heavy atom. The molecular formula is C28H35N7O2. The second-order valence-electron chi connectivity index (χ2n) is 10.3. The second kappa shape index (κ2) is 10.4. The van der Waals surface area contributed by atoms with Crippen molar-refractivity contribution in [3.05, 3.63) is 81.9 Å². The molecular weight excluding hydrogens is 466 g/mol. The highest BCUT2D eigenvalue weighted by molar-refractivity contribution is 5.80. The van der Waals surface area contributed by atoms with E-state index in [9.17, 15) is 4.79 Å². The zero-order chi connectivity index (χ0) is 26.0. The van der Waals surface area contributed by atoms with Crippen molar-refractivity contribution in [3.8, 4) is 5.75 Å². The Hall–Kier alpha value is -3.56. The van der Waals surface area contributed by atoms with Gasteiger partial charge in [0.2, 0.25) is 0 Å². The van der Waals surface area contributed by atoms with Gasteiger partial charge in [-0.2, -0.15) is 0 Å². The molecule has 2 aromatic carbocycles. The highest BCUT2D eigenvalue weighted by Gasteiger charge is 2.35. The second-order valence-corrected chi connectivity index (χ2v) is 10.3. The number of aromatic amines is 1. The third-order valence-corrected chi connectivity index (χ3v) is 7.57. The number of tetrazole rings is 1. The predicted molar refractivity (Wildman–Crippen MR) is 144 cm³/mol.